The van der Waals surface area contributed by atoms with Gasteiger partial charge in [-0.1, -0.05) is 48.8 Å². The summed E-state index contributed by atoms with van der Waals surface area (Å²) in [6.45, 7) is 5.70. The molecule has 6 rings (SSSR count). The van der Waals surface area contributed by atoms with Gasteiger partial charge in [-0.3, -0.25) is 4.90 Å². The SMILES string of the molecule is OC1CN2CCCCCCC=CCCC3=CC4CN5CCCCC=CCCC(C2)(C14)C35. The number of nitrogens with zero attached hydrogens (tertiary/aromatic N) is 2. The van der Waals surface area contributed by atoms with Crippen molar-refractivity contribution in [2.24, 2.45) is 17.3 Å². The van der Waals surface area contributed by atoms with E-state index in [-0.39, 0.29) is 11.5 Å². The Morgan fingerprint density at radius 1 is 0.806 bits per heavy atom. The Balaban J connectivity index is 1.52. The van der Waals surface area contributed by atoms with Gasteiger partial charge in [0.05, 0.1) is 6.10 Å². The molecule has 0 aromatic rings. The summed E-state index contributed by atoms with van der Waals surface area (Å²) in [5, 5.41) is 11.5. The summed E-state index contributed by atoms with van der Waals surface area (Å²) < 4.78 is 0. The molecule has 7 unspecified atom stereocenters. The van der Waals surface area contributed by atoms with Crippen LogP contribution in [0.4, 0.5) is 0 Å². The van der Waals surface area contributed by atoms with Gasteiger partial charge in [0, 0.05) is 37.0 Å². The first-order valence-electron chi connectivity index (χ1n) is 13.4. The van der Waals surface area contributed by atoms with Crippen LogP contribution in [0.1, 0.15) is 77.0 Å². The van der Waals surface area contributed by atoms with Crippen molar-refractivity contribution in [1.82, 2.24) is 9.80 Å². The van der Waals surface area contributed by atoms with Crippen LogP contribution in [0.5, 0.6) is 0 Å². The molecule has 3 nitrogen and oxygen atoms in total. The van der Waals surface area contributed by atoms with E-state index in [0.717, 1.165) is 6.54 Å². The lowest BCUT2D eigenvalue weighted by Gasteiger charge is -2.65. The second-order valence-corrected chi connectivity index (χ2v) is 11.1. The Morgan fingerprint density at radius 3 is 2.45 bits per heavy atom. The van der Waals surface area contributed by atoms with Gasteiger partial charge in [-0.15, -0.1) is 0 Å². The van der Waals surface area contributed by atoms with E-state index in [1.54, 1.807) is 5.57 Å². The van der Waals surface area contributed by atoms with Crippen molar-refractivity contribution in [2.75, 3.05) is 32.7 Å². The summed E-state index contributed by atoms with van der Waals surface area (Å²) in [6, 6.07) is 0.546. The Bertz CT molecular complexity index is 697. The number of aliphatic hydroxyl groups is 1. The van der Waals surface area contributed by atoms with Crippen molar-refractivity contribution >= 4 is 0 Å². The van der Waals surface area contributed by atoms with Crippen LogP contribution in [-0.4, -0.2) is 59.8 Å². The van der Waals surface area contributed by atoms with Gasteiger partial charge in [0.2, 0.25) is 0 Å². The van der Waals surface area contributed by atoms with Gasteiger partial charge in [-0.05, 0) is 83.2 Å². The molecule has 1 spiro atoms. The van der Waals surface area contributed by atoms with Crippen LogP contribution in [0.3, 0.4) is 0 Å². The highest BCUT2D eigenvalue weighted by Crippen LogP contribution is 2.57. The first kappa shape index (κ1) is 21.9. The predicted molar refractivity (Wildman–Crippen MR) is 129 cm³/mol. The van der Waals surface area contributed by atoms with Gasteiger partial charge >= 0.3 is 0 Å². The molecule has 6 bridgehead atoms. The molecule has 0 amide bonds. The van der Waals surface area contributed by atoms with E-state index in [9.17, 15) is 5.11 Å². The van der Waals surface area contributed by atoms with E-state index in [2.05, 4.69) is 40.2 Å². The molecule has 2 saturated heterocycles. The standard InChI is InChI=1S/C28H44N2O/c31-25-21-29-17-13-9-5-2-1-3-7-11-15-23-19-24-20-30-18-14-10-6-4-8-12-16-28(22-29,26(24)25)27(23)30/h3-4,7-8,19,24-27,31H,1-2,5-6,9-18,20-22H2. The Kier molecular flexibility index (Phi) is 7.02. The molecule has 0 radical (unpaired) electrons. The Morgan fingerprint density at radius 2 is 1.55 bits per heavy atom. The van der Waals surface area contributed by atoms with Crippen LogP contribution in [-0.2, 0) is 0 Å². The molecule has 0 aromatic heterocycles. The number of fused-ring (bicyclic) bond motifs is 1. The summed E-state index contributed by atoms with van der Waals surface area (Å²) in [5.41, 5.74) is 1.94. The largest absolute Gasteiger partial charge is 0.391 e. The number of hydrogen-bond donors (Lipinski definition) is 1. The average Bonchev–Trinajstić information content (AvgIpc) is 2.78. The number of aliphatic hydroxyl groups excluding tert-OH is 1. The normalized spacial score (nSPS) is 44.1. The fraction of sp³-hybridized carbons (Fsp3) is 0.786. The zero-order valence-electron chi connectivity index (χ0n) is 19.6. The fourth-order valence-electron chi connectivity index (χ4n) is 7.90. The Labute approximate surface area is 190 Å². The lowest BCUT2D eigenvalue weighted by Crippen LogP contribution is -2.72. The Hall–Kier alpha value is -0.900. The molecule has 0 saturated carbocycles. The topological polar surface area (TPSA) is 26.7 Å². The average molecular weight is 425 g/mol. The molecule has 172 valence electrons. The van der Waals surface area contributed by atoms with Crippen molar-refractivity contribution in [2.45, 2.75) is 89.2 Å². The summed E-state index contributed by atoms with van der Waals surface area (Å²) in [4.78, 5) is 5.54. The molecular weight excluding hydrogens is 380 g/mol. The molecule has 5 heterocycles. The third-order valence-electron chi connectivity index (χ3n) is 9.01. The molecular formula is C28H44N2O. The smallest absolute Gasteiger partial charge is 0.0707 e. The van der Waals surface area contributed by atoms with Gasteiger partial charge in [-0.2, -0.15) is 0 Å². The van der Waals surface area contributed by atoms with Crippen molar-refractivity contribution < 1.29 is 5.11 Å². The lowest BCUT2D eigenvalue weighted by molar-refractivity contribution is -0.160. The summed E-state index contributed by atoms with van der Waals surface area (Å²) >= 11 is 0. The first-order chi connectivity index (χ1) is 15.3. The van der Waals surface area contributed by atoms with Crippen LogP contribution < -0.4 is 0 Å². The van der Waals surface area contributed by atoms with Crippen molar-refractivity contribution in [3.05, 3.63) is 36.0 Å². The monoisotopic (exact) mass is 424 g/mol. The maximum atomic E-state index is 11.5. The van der Waals surface area contributed by atoms with Crippen LogP contribution in [0, 0.1) is 17.3 Å². The zero-order valence-corrected chi connectivity index (χ0v) is 19.6. The molecule has 31 heavy (non-hydrogen) atoms. The highest BCUT2D eigenvalue weighted by Gasteiger charge is 2.61. The highest BCUT2D eigenvalue weighted by atomic mass is 16.3. The quantitative estimate of drug-likeness (QED) is 0.533. The minimum absolute atomic E-state index is 0.161. The second-order valence-electron chi connectivity index (χ2n) is 11.1. The van der Waals surface area contributed by atoms with E-state index in [0.29, 0.717) is 17.9 Å². The predicted octanol–water partition coefficient (Wildman–Crippen LogP) is 5.33. The van der Waals surface area contributed by atoms with Gasteiger partial charge in [0.25, 0.3) is 0 Å². The molecule has 6 aliphatic rings. The number of rotatable bonds is 0. The zero-order chi connectivity index (χ0) is 21.1. The first-order valence-corrected chi connectivity index (χ1v) is 13.4. The van der Waals surface area contributed by atoms with E-state index in [4.69, 9.17) is 0 Å². The van der Waals surface area contributed by atoms with Crippen molar-refractivity contribution in [3.63, 3.8) is 0 Å². The van der Waals surface area contributed by atoms with Gasteiger partial charge < -0.3 is 10.0 Å². The van der Waals surface area contributed by atoms with Crippen LogP contribution in [0.2, 0.25) is 0 Å². The van der Waals surface area contributed by atoms with Crippen molar-refractivity contribution in [1.29, 1.82) is 0 Å². The fourth-order valence-corrected chi connectivity index (χ4v) is 7.90. The summed E-state index contributed by atoms with van der Waals surface area (Å²) in [7, 11) is 0. The van der Waals surface area contributed by atoms with Crippen LogP contribution >= 0.6 is 0 Å². The van der Waals surface area contributed by atoms with Gasteiger partial charge in [0.1, 0.15) is 0 Å². The maximum Gasteiger partial charge on any atom is 0.0707 e. The minimum Gasteiger partial charge on any atom is -0.391 e. The molecule has 3 heteroatoms. The van der Waals surface area contributed by atoms with Crippen LogP contribution in [0.15, 0.2) is 36.0 Å². The number of piperidine rings is 2. The number of hydrogen-bond acceptors (Lipinski definition) is 3. The molecule has 1 aliphatic carbocycles. The van der Waals surface area contributed by atoms with Crippen molar-refractivity contribution in [3.8, 4) is 0 Å². The molecule has 0 aromatic carbocycles. The molecule has 5 aliphatic heterocycles. The van der Waals surface area contributed by atoms with E-state index in [1.807, 2.05) is 0 Å². The second kappa shape index (κ2) is 9.93. The summed E-state index contributed by atoms with van der Waals surface area (Å²) in [6.07, 6.45) is 27.5. The highest BCUT2D eigenvalue weighted by molar-refractivity contribution is 5.31. The van der Waals surface area contributed by atoms with Crippen LogP contribution in [0.25, 0.3) is 0 Å². The van der Waals surface area contributed by atoms with E-state index in [1.165, 1.54) is 103 Å². The third kappa shape index (κ3) is 4.48. The summed E-state index contributed by atoms with van der Waals surface area (Å²) in [5.74, 6) is 0.996. The maximum absolute atomic E-state index is 11.5. The third-order valence-corrected chi connectivity index (χ3v) is 9.01. The van der Waals surface area contributed by atoms with E-state index >= 15 is 0 Å². The minimum atomic E-state index is -0.161. The number of allylic oxidation sites excluding steroid dienone is 4. The molecule has 2 fully saturated rings. The molecule has 1 N–H and O–H groups in total. The van der Waals surface area contributed by atoms with Gasteiger partial charge in [-0.25, -0.2) is 0 Å². The molecule has 7 atom stereocenters. The lowest BCUT2D eigenvalue weighted by atomic mass is 9.51. The van der Waals surface area contributed by atoms with Gasteiger partial charge in [0.15, 0.2) is 0 Å². The van der Waals surface area contributed by atoms with E-state index < -0.39 is 0 Å².